The fourth-order valence-corrected chi connectivity index (χ4v) is 1.42. The van der Waals surface area contributed by atoms with Crippen LogP contribution in [0.15, 0.2) is 18.2 Å². The highest BCUT2D eigenvalue weighted by molar-refractivity contribution is 5.72. The molecule has 0 N–H and O–H groups in total. The molecule has 0 bridgehead atoms. The highest BCUT2D eigenvalue weighted by atomic mass is 16.6. The van der Waals surface area contributed by atoms with Crippen LogP contribution in [0.4, 0.5) is 4.79 Å². The molecule has 0 unspecified atom stereocenters. The van der Waals surface area contributed by atoms with Gasteiger partial charge in [0.2, 0.25) is 5.75 Å². The van der Waals surface area contributed by atoms with Crippen LogP contribution in [0.1, 0.15) is 6.42 Å². The van der Waals surface area contributed by atoms with Crippen molar-refractivity contribution in [1.29, 1.82) is 5.26 Å². The molecule has 0 spiro atoms. The van der Waals surface area contributed by atoms with Gasteiger partial charge in [0.05, 0.1) is 26.7 Å². The van der Waals surface area contributed by atoms with E-state index in [1.807, 2.05) is 6.07 Å². The summed E-state index contributed by atoms with van der Waals surface area (Å²) in [5.74, 6) is 1.11. The van der Waals surface area contributed by atoms with Gasteiger partial charge < -0.3 is 19.1 Å². The lowest BCUT2D eigenvalue weighted by molar-refractivity contribution is 0.162. The standard InChI is InChI=1S/C13H16N2O4/c1-15(9-5-8-14)13(16)19-11-7-4-6-10(17-2)12(11)18-3/h4,6-7H,5,9H2,1-3H3. The average Bonchev–Trinajstić information content (AvgIpc) is 2.44. The summed E-state index contributed by atoms with van der Waals surface area (Å²) in [6.07, 6.45) is -0.303. The van der Waals surface area contributed by atoms with E-state index in [9.17, 15) is 4.79 Å². The Morgan fingerprint density at radius 3 is 2.58 bits per heavy atom. The lowest BCUT2D eigenvalue weighted by atomic mass is 10.3. The minimum Gasteiger partial charge on any atom is -0.493 e. The predicted octanol–water partition coefficient (Wildman–Crippen LogP) is 2.05. The maximum Gasteiger partial charge on any atom is 0.415 e. The van der Waals surface area contributed by atoms with E-state index in [0.717, 1.165) is 0 Å². The third-order valence-corrected chi connectivity index (χ3v) is 2.43. The Bertz CT molecular complexity index is 482. The number of ether oxygens (including phenoxy) is 3. The first-order valence-electron chi connectivity index (χ1n) is 5.65. The van der Waals surface area contributed by atoms with Gasteiger partial charge in [-0.2, -0.15) is 5.26 Å². The zero-order valence-corrected chi connectivity index (χ0v) is 11.2. The molecule has 0 aliphatic carbocycles. The van der Waals surface area contributed by atoms with Crippen molar-refractivity contribution in [2.75, 3.05) is 27.8 Å². The number of methoxy groups -OCH3 is 2. The van der Waals surface area contributed by atoms with Gasteiger partial charge in [0, 0.05) is 13.6 Å². The number of carbonyl (C=O) groups is 1. The van der Waals surface area contributed by atoms with Crippen molar-refractivity contribution in [3.05, 3.63) is 18.2 Å². The van der Waals surface area contributed by atoms with Crippen LogP contribution in [0.3, 0.4) is 0 Å². The second-order valence-electron chi connectivity index (χ2n) is 3.69. The number of nitriles is 1. The molecule has 0 radical (unpaired) electrons. The molecule has 1 rings (SSSR count). The Morgan fingerprint density at radius 1 is 1.32 bits per heavy atom. The number of amides is 1. The van der Waals surface area contributed by atoms with Crippen LogP contribution < -0.4 is 14.2 Å². The third-order valence-electron chi connectivity index (χ3n) is 2.43. The number of hydrogen-bond donors (Lipinski definition) is 0. The molecule has 0 saturated heterocycles. The molecule has 6 nitrogen and oxygen atoms in total. The minimum atomic E-state index is -0.554. The SMILES string of the molecule is COc1cccc(OC(=O)N(C)CCC#N)c1OC. The fraction of sp³-hybridized carbons (Fsp3) is 0.385. The Hall–Kier alpha value is -2.42. The molecule has 102 valence electrons. The lowest BCUT2D eigenvalue weighted by Gasteiger charge is -2.17. The maximum atomic E-state index is 11.8. The summed E-state index contributed by atoms with van der Waals surface area (Å²) in [5.41, 5.74) is 0. The van der Waals surface area contributed by atoms with Gasteiger partial charge in [0.15, 0.2) is 11.5 Å². The van der Waals surface area contributed by atoms with E-state index in [1.54, 1.807) is 25.2 Å². The minimum absolute atomic E-state index is 0.251. The van der Waals surface area contributed by atoms with Gasteiger partial charge in [-0.1, -0.05) is 6.07 Å². The van der Waals surface area contributed by atoms with Crippen molar-refractivity contribution in [1.82, 2.24) is 4.90 Å². The number of carbonyl (C=O) groups excluding carboxylic acids is 1. The van der Waals surface area contributed by atoms with E-state index >= 15 is 0 Å². The van der Waals surface area contributed by atoms with Crippen LogP contribution >= 0.6 is 0 Å². The normalized spacial score (nSPS) is 9.37. The number of benzene rings is 1. The van der Waals surface area contributed by atoms with Crippen LogP contribution in [-0.4, -0.2) is 38.8 Å². The van der Waals surface area contributed by atoms with Crippen LogP contribution in [0.5, 0.6) is 17.2 Å². The second-order valence-corrected chi connectivity index (χ2v) is 3.69. The number of nitrogens with zero attached hydrogens (tertiary/aromatic N) is 2. The Balaban J connectivity index is 2.82. The topological polar surface area (TPSA) is 71.8 Å². The van der Waals surface area contributed by atoms with E-state index < -0.39 is 6.09 Å². The Kier molecular flexibility index (Phi) is 5.48. The molecule has 0 fully saturated rings. The van der Waals surface area contributed by atoms with Crippen LogP contribution in [0.25, 0.3) is 0 Å². The first kappa shape index (κ1) is 14.6. The summed E-state index contributed by atoms with van der Waals surface area (Å²) in [4.78, 5) is 13.1. The lowest BCUT2D eigenvalue weighted by Crippen LogP contribution is -2.30. The van der Waals surface area contributed by atoms with Crippen LogP contribution in [0.2, 0.25) is 0 Å². The summed E-state index contributed by atoms with van der Waals surface area (Å²) in [6.45, 7) is 0.307. The highest BCUT2D eigenvalue weighted by Crippen LogP contribution is 2.36. The molecule has 1 amide bonds. The number of rotatable bonds is 5. The Morgan fingerprint density at radius 2 is 2.00 bits per heavy atom. The summed E-state index contributed by atoms with van der Waals surface area (Å²) in [5, 5.41) is 8.47. The van der Waals surface area contributed by atoms with Crippen molar-refractivity contribution in [2.45, 2.75) is 6.42 Å². The van der Waals surface area contributed by atoms with Gasteiger partial charge in [-0.25, -0.2) is 4.79 Å². The number of hydrogen-bond acceptors (Lipinski definition) is 5. The molecule has 0 heterocycles. The van der Waals surface area contributed by atoms with Gasteiger partial charge in [-0.05, 0) is 12.1 Å². The second kappa shape index (κ2) is 7.11. The van der Waals surface area contributed by atoms with Crippen molar-refractivity contribution in [3.63, 3.8) is 0 Å². The van der Waals surface area contributed by atoms with Crippen molar-refractivity contribution < 1.29 is 19.0 Å². The molecule has 0 aliphatic heterocycles. The van der Waals surface area contributed by atoms with E-state index in [-0.39, 0.29) is 12.2 Å². The first-order valence-corrected chi connectivity index (χ1v) is 5.65. The number of para-hydroxylation sites is 1. The predicted molar refractivity (Wildman–Crippen MR) is 68.4 cm³/mol. The largest absolute Gasteiger partial charge is 0.493 e. The third kappa shape index (κ3) is 3.78. The van der Waals surface area contributed by atoms with Gasteiger partial charge in [-0.3, -0.25) is 0 Å². The summed E-state index contributed by atoms with van der Waals surface area (Å²) >= 11 is 0. The molecule has 0 aromatic heterocycles. The maximum absolute atomic E-state index is 11.8. The molecule has 1 aromatic carbocycles. The summed E-state index contributed by atoms with van der Waals surface area (Å²) in [7, 11) is 4.53. The first-order chi connectivity index (χ1) is 9.13. The average molecular weight is 264 g/mol. The van der Waals surface area contributed by atoms with E-state index in [1.165, 1.54) is 19.1 Å². The van der Waals surface area contributed by atoms with Gasteiger partial charge in [0.25, 0.3) is 0 Å². The molecule has 1 aromatic rings. The van der Waals surface area contributed by atoms with Crippen LogP contribution in [-0.2, 0) is 0 Å². The van der Waals surface area contributed by atoms with Gasteiger partial charge >= 0.3 is 6.09 Å². The monoisotopic (exact) mass is 264 g/mol. The molecular weight excluding hydrogens is 248 g/mol. The summed E-state index contributed by atoms with van der Waals surface area (Å²) in [6, 6.07) is 6.97. The van der Waals surface area contributed by atoms with E-state index in [2.05, 4.69) is 0 Å². The molecule has 0 atom stereocenters. The molecule has 19 heavy (non-hydrogen) atoms. The highest BCUT2D eigenvalue weighted by Gasteiger charge is 2.16. The molecule has 0 saturated carbocycles. The molecule has 0 aliphatic rings. The zero-order chi connectivity index (χ0) is 14.3. The molecule has 6 heteroatoms. The Labute approximate surface area is 112 Å². The quantitative estimate of drug-likeness (QED) is 0.813. The zero-order valence-electron chi connectivity index (χ0n) is 11.2. The molecular formula is C13H16N2O4. The van der Waals surface area contributed by atoms with Crippen molar-refractivity contribution in [3.8, 4) is 23.3 Å². The summed E-state index contributed by atoms with van der Waals surface area (Å²) < 4.78 is 15.5. The smallest absolute Gasteiger partial charge is 0.415 e. The van der Waals surface area contributed by atoms with E-state index in [0.29, 0.717) is 18.0 Å². The van der Waals surface area contributed by atoms with Crippen molar-refractivity contribution in [2.24, 2.45) is 0 Å². The van der Waals surface area contributed by atoms with E-state index in [4.69, 9.17) is 19.5 Å². The van der Waals surface area contributed by atoms with Crippen molar-refractivity contribution >= 4 is 6.09 Å². The van der Waals surface area contributed by atoms with Gasteiger partial charge in [0.1, 0.15) is 0 Å². The van der Waals surface area contributed by atoms with Crippen LogP contribution in [0, 0.1) is 11.3 Å². The fourth-order valence-electron chi connectivity index (χ4n) is 1.42. The van der Waals surface area contributed by atoms with Gasteiger partial charge in [-0.15, -0.1) is 0 Å².